The van der Waals surface area contributed by atoms with Gasteiger partial charge in [-0.2, -0.15) is 0 Å². The average Bonchev–Trinajstić information content (AvgIpc) is 2.55. The maximum Gasteiger partial charge on any atom is 0.328 e. The van der Waals surface area contributed by atoms with Crippen molar-refractivity contribution >= 4 is 12.0 Å². The second-order valence-corrected chi connectivity index (χ2v) is 6.30. The Morgan fingerprint density at radius 3 is 2.09 bits per heavy atom. The minimum Gasteiger partial charge on any atom is -0.478 e. The number of hydrogen-bond donors (Lipinski definition) is 1. The highest BCUT2D eigenvalue weighted by Crippen LogP contribution is 2.16. The lowest BCUT2D eigenvalue weighted by Gasteiger charge is -2.06. The summed E-state index contributed by atoms with van der Waals surface area (Å²) in [6.45, 7) is 2.26. The van der Waals surface area contributed by atoms with E-state index in [4.69, 9.17) is 5.11 Å². The molecule has 1 aromatic rings. The minimum absolute atomic E-state index is 0.890. The van der Waals surface area contributed by atoms with E-state index >= 15 is 0 Å². The number of carboxylic acid groups (broad SMARTS) is 1. The summed E-state index contributed by atoms with van der Waals surface area (Å²) in [7, 11) is 0. The maximum atomic E-state index is 10.6. The van der Waals surface area contributed by atoms with Gasteiger partial charge in [-0.3, -0.25) is 0 Å². The summed E-state index contributed by atoms with van der Waals surface area (Å²) in [5.74, 6) is -0.890. The van der Waals surface area contributed by atoms with Crippen LogP contribution in [0.2, 0.25) is 0 Å². The quantitative estimate of drug-likeness (QED) is 0.345. The predicted molar refractivity (Wildman–Crippen MR) is 98.7 cm³/mol. The number of carboxylic acids is 1. The van der Waals surface area contributed by atoms with Crippen LogP contribution in [0.5, 0.6) is 0 Å². The number of rotatable bonds is 13. The van der Waals surface area contributed by atoms with Gasteiger partial charge in [-0.25, -0.2) is 4.79 Å². The van der Waals surface area contributed by atoms with Crippen molar-refractivity contribution in [1.29, 1.82) is 0 Å². The van der Waals surface area contributed by atoms with Gasteiger partial charge in [0.25, 0.3) is 0 Å². The summed E-state index contributed by atoms with van der Waals surface area (Å²) in [6, 6.07) is 8.09. The lowest BCUT2D eigenvalue weighted by atomic mass is 10.00. The lowest BCUT2D eigenvalue weighted by molar-refractivity contribution is -0.131. The summed E-state index contributed by atoms with van der Waals surface area (Å²) < 4.78 is 0. The molecule has 2 nitrogen and oxygen atoms in total. The number of unbranched alkanes of at least 4 members (excludes halogenated alkanes) is 9. The third-order valence-corrected chi connectivity index (χ3v) is 4.26. The zero-order valence-electron chi connectivity index (χ0n) is 14.6. The first-order valence-electron chi connectivity index (χ1n) is 9.23. The summed E-state index contributed by atoms with van der Waals surface area (Å²) in [6.07, 6.45) is 17.4. The highest BCUT2D eigenvalue weighted by molar-refractivity contribution is 5.85. The molecule has 0 aliphatic heterocycles. The van der Waals surface area contributed by atoms with Crippen molar-refractivity contribution < 1.29 is 9.90 Å². The standard InChI is InChI=1S/C21H32O2/c1-2-3-4-5-6-7-8-9-10-11-14-19-15-12-13-16-20(19)17-18-21(22)23/h12-13,15-18H,2-11,14H2,1H3,(H,22,23)/b18-17+. The first-order chi connectivity index (χ1) is 11.2. The summed E-state index contributed by atoms with van der Waals surface area (Å²) in [4.78, 5) is 10.6. The van der Waals surface area contributed by atoms with E-state index in [2.05, 4.69) is 13.0 Å². The van der Waals surface area contributed by atoms with Crippen molar-refractivity contribution in [2.75, 3.05) is 0 Å². The van der Waals surface area contributed by atoms with Crippen molar-refractivity contribution in [3.63, 3.8) is 0 Å². The van der Waals surface area contributed by atoms with E-state index in [0.717, 1.165) is 12.0 Å². The molecule has 0 aromatic heterocycles. The molecule has 1 aromatic carbocycles. The zero-order valence-corrected chi connectivity index (χ0v) is 14.6. The second kappa shape index (κ2) is 12.9. The van der Waals surface area contributed by atoms with Crippen molar-refractivity contribution in [3.05, 3.63) is 41.5 Å². The fraction of sp³-hybridized carbons (Fsp3) is 0.571. The van der Waals surface area contributed by atoms with Crippen LogP contribution in [-0.2, 0) is 11.2 Å². The largest absolute Gasteiger partial charge is 0.478 e. The second-order valence-electron chi connectivity index (χ2n) is 6.30. The molecule has 0 saturated heterocycles. The van der Waals surface area contributed by atoms with Gasteiger partial charge >= 0.3 is 5.97 Å². The Kier molecular flexibility index (Phi) is 10.9. The van der Waals surface area contributed by atoms with Crippen molar-refractivity contribution in [2.45, 2.75) is 77.6 Å². The molecule has 23 heavy (non-hydrogen) atoms. The number of benzene rings is 1. The van der Waals surface area contributed by atoms with Crippen LogP contribution < -0.4 is 0 Å². The van der Waals surface area contributed by atoms with Crippen LogP contribution in [0.3, 0.4) is 0 Å². The molecule has 0 aliphatic carbocycles. The number of aryl methyl sites for hydroxylation is 1. The molecule has 0 saturated carbocycles. The van der Waals surface area contributed by atoms with Gasteiger partial charge < -0.3 is 5.11 Å². The molecule has 2 heteroatoms. The van der Waals surface area contributed by atoms with Gasteiger partial charge in [-0.15, -0.1) is 0 Å². The molecule has 0 aliphatic rings. The van der Waals surface area contributed by atoms with Gasteiger partial charge in [0.1, 0.15) is 0 Å². The van der Waals surface area contributed by atoms with E-state index in [9.17, 15) is 4.79 Å². The molecule has 128 valence electrons. The number of aliphatic carboxylic acids is 1. The van der Waals surface area contributed by atoms with E-state index in [-0.39, 0.29) is 0 Å². The van der Waals surface area contributed by atoms with Crippen LogP contribution >= 0.6 is 0 Å². The topological polar surface area (TPSA) is 37.3 Å². The van der Waals surface area contributed by atoms with E-state index in [1.54, 1.807) is 6.08 Å². The van der Waals surface area contributed by atoms with Crippen LogP contribution in [0.15, 0.2) is 30.3 Å². The normalized spacial score (nSPS) is 11.2. The van der Waals surface area contributed by atoms with Crippen LogP contribution in [-0.4, -0.2) is 11.1 Å². The third kappa shape index (κ3) is 9.93. The first kappa shape index (κ1) is 19.5. The number of hydrogen-bond acceptors (Lipinski definition) is 1. The van der Waals surface area contributed by atoms with Crippen LogP contribution in [0, 0.1) is 0 Å². The zero-order chi connectivity index (χ0) is 16.8. The molecule has 0 spiro atoms. The molecule has 1 rings (SSSR count). The molecular formula is C21H32O2. The molecule has 0 radical (unpaired) electrons. The Morgan fingerprint density at radius 2 is 1.48 bits per heavy atom. The van der Waals surface area contributed by atoms with Crippen LogP contribution in [0.4, 0.5) is 0 Å². The van der Waals surface area contributed by atoms with E-state index in [0.29, 0.717) is 0 Å². The smallest absolute Gasteiger partial charge is 0.328 e. The predicted octanol–water partition coefficient (Wildman–Crippen LogP) is 6.25. The Balaban J connectivity index is 2.15. The molecule has 0 fully saturated rings. The molecular weight excluding hydrogens is 284 g/mol. The average molecular weight is 316 g/mol. The van der Waals surface area contributed by atoms with E-state index in [1.165, 1.54) is 75.8 Å². The first-order valence-corrected chi connectivity index (χ1v) is 9.23. The van der Waals surface area contributed by atoms with Gasteiger partial charge in [0.2, 0.25) is 0 Å². The number of carbonyl (C=O) groups is 1. The fourth-order valence-corrected chi connectivity index (χ4v) is 2.89. The van der Waals surface area contributed by atoms with Crippen molar-refractivity contribution in [2.24, 2.45) is 0 Å². The molecule has 0 amide bonds. The summed E-state index contributed by atoms with van der Waals surface area (Å²) >= 11 is 0. The molecule has 0 heterocycles. The van der Waals surface area contributed by atoms with Gasteiger partial charge in [0, 0.05) is 6.08 Å². The Labute approximate surface area is 141 Å². The Hall–Kier alpha value is -1.57. The Morgan fingerprint density at radius 1 is 0.913 bits per heavy atom. The lowest BCUT2D eigenvalue weighted by Crippen LogP contribution is -1.92. The maximum absolute atomic E-state index is 10.6. The van der Waals surface area contributed by atoms with Gasteiger partial charge in [-0.1, -0.05) is 89.0 Å². The molecule has 1 N–H and O–H groups in total. The monoisotopic (exact) mass is 316 g/mol. The van der Waals surface area contributed by atoms with Gasteiger partial charge in [0.15, 0.2) is 0 Å². The SMILES string of the molecule is CCCCCCCCCCCCc1ccccc1/C=C/C(=O)O. The molecule has 0 bridgehead atoms. The fourth-order valence-electron chi connectivity index (χ4n) is 2.89. The highest BCUT2D eigenvalue weighted by atomic mass is 16.4. The van der Waals surface area contributed by atoms with E-state index in [1.807, 2.05) is 18.2 Å². The van der Waals surface area contributed by atoms with Crippen LogP contribution in [0.25, 0.3) is 6.08 Å². The third-order valence-electron chi connectivity index (χ3n) is 4.26. The highest BCUT2D eigenvalue weighted by Gasteiger charge is 2.00. The minimum atomic E-state index is -0.890. The van der Waals surface area contributed by atoms with Crippen molar-refractivity contribution in [3.8, 4) is 0 Å². The summed E-state index contributed by atoms with van der Waals surface area (Å²) in [5, 5.41) is 8.74. The molecule has 0 unspecified atom stereocenters. The van der Waals surface area contributed by atoms with Crippen LogP contribution in [0.1, 0.15) is 82.3 Å². The van der Waals surface area contributed by atoms with Gasteiger partial charge in [-0.05, 0) is 30.0 Å². The molecule has 0 atom stereocenters. The van der Waals surface area contributed by atoms with Gasteiger partial charge in [0.05, 0.1) is 0 Å². The Bertz CT molecular complexity index is 463. The summed E-state index contributed by atoms with van der Waals surface area (Å²) in [5.41, 5.74) is 2.29. The van der Waals surface area contributed by atoms with E-state index < -0.39 is 5.97 Å². The van der Waals surface area contributed by atoms with Crippen molar-refractivity contribution in [1.82, 2.24) is 0 Å².